The zero-order valence-corrected chi connectivity index (χ0v) is 16.7. The molecule has 1 aliphatic rings. The number of rotatable bonds is 4. The summed E-state index contributed by atoms with van der Waals surface area (Å²) in [7, 11) is 0. The van der Waals surface area contributed by atoms with E-state index in [0.29, 0.717) is 23.0 Å². The number of aromatic nitrogens is 2. The SMILES string of the molecule is O=c1[nH]c(N2CCN(c3cccc(Cl)c3)CC2)ncc1Cc1ccc(Cl)cc1. The third kappa shape index (κ3) is 4.32. The fraction of sp³-hybridized carbons (Fsp3) is 0.238. The summed E-state index contributed by atoms with van der Waals surface area (Å²) >= 11 is 12.0. The molecular weight excluding hydrogens is 395 g/mol. The largest absolute Gasteiger partial charge is 0.368 e. The van der Waals surface area contributed by atoms with E-state index in [1.165, 1.54) is 0 Å². The van der Waals surface area contributed by atoms with Gasteiger partial charge in [-0.25, -0.2) is 4.98 Å². The van der Waals surface area contributed by atoms with Gasteiger partial charge in [0.2, 0.25) is 5.95 Å². The van der Waals surface area contributed by atoms with Crippen molar-refractivity contribution in [1.29, 1.82) is 0 Å². The average molecular weight is 415 g/mol. The number of anilines is 2. The van der Waals surface area contributed by atoms with E-state index < -0.39 is 0 Å². The number of aromatic amines is 1. The van der Waals surface area contributed by atoms with Crippen molar-refractivity contribution in [3.63, 3.8) is 0 Å². The number of hydrogen-bond donors (Lipinski definition) is 1. The summed E-state index contributed by atoms with van der Waals surface area (Å²) < 4.78 is 0. The monoisotopic (exact) mass is 414 g/mol. The Bertz CT molecular complexity index is 1010. The van der Waals surface area contributed by atoms with Gasteiger partial charge in [0.1, 0.15) is 0 Å². The Morgan fingerprint density at radius 1 is 0.929 bits per heavy atom. The molecule has 0 atom stereocenters. The fourth-order valence-corrected chi connectivity index (χ4v) is 3.68. The maximum Gasteiger partial charge on any atom is 0.255 e. The van der Waals surface area contributed by atoms with Crippen LogP contribution in [-0.2, 0) is 6.42 Å². The first-order valence-corrected chi connectivity index (χ1v) is 9.92. The molecule has 0 unspecified atom stereocenters. The minimum atomic E-state index is -0.0998. The highest BCUT2D eigenvalue weighted by Crippen LogP contribution is 2.21. The first-order chi connectivity index (χ1) is 13.6. The number of hydrogen-bond acceptors (Lipinski definition) is 4. The maximum atomic E-state index is 12.5. The Hall–Kier alpha value is -2.50. The summed E-state index contributed by atoms with van der Waals surface area (Å²) in [6, 6.07) is 15.4. The van der Waals surface area contributed by atoms with Gasteiger partial charge in [0.25, 0.3) is 5.56 Å². The molecule has 0 radical (unpaired) electrons. The lowest BCUT2D eigenvalue weighted by atomic mass is 10.1. The number of benzene rings is 2. The zero-order valence-electron chi connectivity index (χ0n) is 15.2. The molecule has 4 rings (SSSR count). The third-order valence-electron chi connectivity index (χ3n) is 4.92. The Kier molecular flexibility index (Phi) is 5.55. The molecule has 2 aromatic carbocycles. The van der Waals surface area contributed by atoms with E-state index in [-0.39, 0.29) is 5.56 Å². The summed E-state index contributed by atoms with van der Waals surface area (Å²) in [5.41, 5.74) is 2.69. The molecular formula is C21H20Cl2N4O. The van der Waals surface area contributed by atoms with Crippen LogP contribution >= 0.6 is 23.2 Å². The Balaban J connectivity index is 1.42. The molecule has 28 heavy (non-hydrogen) atoms. The molecule has 7 heteroatoms. The molecule has 5 nitrogen and oxygen atoms in total. The molecule has 3 aromatic rings. The Morgan fingerprint density at radius 3 is 2.32 bits per heavy atom. The number of nitrogens with zero attached hydrogens (tertiary/aromatic N) is 3. The first kappa shape index (κ1) is 18.8. The highest BCUT2D eigenvalue weighted by Gasteiger charge is 2.19. The lowest BCUT2D eigenvalue weighted by Crippen LogP contribution is -2.47. The van der Waals surface area contributed by atoms with Crippen molar-refractivity contribution < 1.29 is 0 Å². The van der Waals surface area contributed by atoms with Crippen molar-refractivity contribution >= 4 is 34.8 Å². The van der Waals surface area contributed by atoms with E-state index in [4.69, 9.17) is 23.2 Å². The van der Waals surface area contributed by atoms with Gasteiger partial charge in [0.05, 0.1) is 0 Å². The van der Waals surface area contributed by atoms with Crippen LogP contribution in [-0.4, -0.2) is 36.1 Å². The van der Waals surface area contributed by atoms with E-state index >= 15 is 0 Å². The lowest BCUT2D eigenvalue weighted by molar-refractivity contribution is 0.638. The van der Waals surface area contributed by atoms with Crippen molar-refractivity contribution in [3.05, 3.63) is 86.3 Å². The van der Waals surface area contributed by atoms with Crippen molar-refractivity contribution in [2.24, 2.45) is 0 Å². The molecule has 0 aliphatic carbocycles. The predicted octanol–water partition coefficient (Wildman–Crippen LogP) is 3.99. The summed E-state index contributed by atoms with van der Waals surface area (Å²) in [5, 5.41) is 1.42. The van der Waals surface area contributed by atoms with Gasteiger partial charge in [-0.15, -0.1) is 0 Å². The Labute approximate surface area is 173 Å². The van der Waals surface area contributed by atoms with Gasteiger partial charge < -0.3 is 9.80 Å². The second-order valence-electron chi connectivity index (χ2n) is 6.82. The van der Waals surface area contributed by atoms with Crippen molar-refractivity contribution in [3.8, 4) is 0 Å². The summed E-state index contributed by atoms with van der Waals surface area (Å²) in [6.45, 7) is 3.26. The van der Waals surface area contributed by atoms with Gasteiger partial charge in [0.15, 0.2) is 0 Å². The van der Waals surface area contributed by atoms with E-state index in [2.05, 4.69) is 25.8 Å². The van der Waals surface area contributed by atoms with Crippen LogP contribution in [0.15, 0.2) is 59.5 Å². The molecule has 1 fully saturated rings. The van der Waals surface area contributed by atoms with E-state index in [0.717, 1.165) is 42.5 Å². The molecule has 144 valence electrons. The minimum absolute atomic E-state index is 0.0998. The molecule has 0 saturated carbocycles. The second-order valence-corrected chi connectivity index (χ2v) is 7.69. The smallest absolute Gasteiger partial charge is 0.255 e. The normalized spacial score (nSPS) is 14.4. The van der Waals surface area contributed by atoms with Crippen LogP contribution in [0.3, 0.4) is 0 Å². The van der Waals surface area contributed by atoms with Crippen molar-refractivity contribution in [2.45, 2.75) is 6.42 Å². The van der Waals surface area contributed by atoms with Crippen molar-refractivity contribution in [1.82, 2.24) is 9.97 Å². The van der Waals surface area contributed by atoms with Crippen LogP contribution in [0.1, 0.15) is 11.1 Å². The predicted molar refractivity (Wildman–Crippen MR) is 115 cm³/mol. The first-order valence-electron chi connectivity index (χ1n) is 9.16. The second kappa shape index (κ2) is 8.25. The van der Waals surface area contributed by atoms with Gasteiger partial charge in [-0.05, 0) is 35.9 Å². The number of nitrogens with one attached hydrogen (secondary N) is 1. The molecule has 1 saturated heterocycles. The van der Waals surface area contributed by atoms with E-state index in [1.54, 1.807) is 6.20 Å². The zero-order chi connectivity index (χ0) is 19.5. The molecule has 0 bridgehead atoms. The standard InChI is InChI=1S/C21H20Cl2N4O/c22-17-6-4-15(5-7-17)12-16-14-24-21(25-20(16)28)27-10-8-26(9-11-27)19-3-1-2-18(23)13-19/h1-7,13-14H,8-12H2,(H,24,25,28). The van der Waals surface area contributed by atoms with Crippen LogP contribution in [0.2, 0.25) is 10.0 Å². The van der Waals surface area contributed by atoms with Gasteiger partial charge in [-0.2, -0.15) is 0 Å². The number of H-pyrrole nitrogens is 1. The number of halogens is 2. The van der Waals surface area contributed by atoms with E-state index in [9.17, 15) is 4.79 Å². The van der Waals surface area contributed by atoms with Crippen molar-refractivity contribution in [2.75, 3.05) is 36.0 Å². The maximum absolute atomic E-state index is 12.5. The van der Waals surface area contributed by atoms with Crippen LogP contribution in [0.25, 0.3) is 0 Å². The average Bonchev–Trinajstić information content (AvgIpc) is 2.71. The van der Waals surface area contributed by atoms with Crippen LogP contribution < -0.4 is 15.4 Å². The fourth-order valence-electron chi connectivity index (χ4n) is 3.37. The van der Waals surface area contributed by atoms with Gasteiger partial charge in [0, 0.05) is 60.1 Å². The van der Waals surface area contributed by atoms with Crippen LogP contribution in [0, 0.1) is 0 Å². The summed E-state index contributed by atoms with van der Waals surface area (Å²) in [5.74, 6) is 0.621. The highest BCUT2D eigenvalue weighted by molar-refractivity contribution is 6.31. The summed E-state index contributed by atoms with van der Waals surface area (Å²) in [4.78, 5) is 24.3. The Morgan fingerprint density at radius 2 is 1.64 bits per heavy atom. The topological polar surface area (TPSA) is 52.2 Å². The third-order valence-corrected chi connectivity index (χ3v) is 5.41. The molecule has 0 spiro atoms. The minimum Gasteiger partial charge on any atom is -0.368 e. The quantitative estimate of drug-likeness (QED) is 0.700. The molecule has 1 aliphatic heterocycles. The van der Waals surface area contributed by atoms with Crippen LogP contribution in [0.4, 0.5) is 11.6 Å². The van der Waals surface area contributed by atoms with Gasteiger partial charge >= 0.3 is 0 Å². The molecule has 1 aromatic heterocycles. The summed E-state index contributed by atoms with van der Waals surface area (Å²) in [6.07, 6.45) is 2.20. The lowest BCUT2D eigenvalue weighted by Gasteiger charge is -2.36. The van der Waals surface area contributed by atoms with Gasteiger partial charge in [-0.1, -0.05) is 41.4 Å². The molecule has 0 amide bonds. The highest BCUT2D eigenvalue weighted by atomic mass is 35.5. The van der Waals surface area contributed by atoms with E-state index in [1.807, 2.05) is 42.5 Å². The number of piperazine rings is 1. The van der Waals surface area contributed by atoms with Gasteiger partial charge in [-0.3, -0.25) is 9.78 Å². The van der Waals surface area contributed by atoms with Crippen LogP contribution in [0.5, 0.6) is 0 Å². The molecule has 2 heterocycles. The molecule has 1 N–H and O–H groups in total.